The molecule has 3 saturated carbocycles. The second-order valence-corrected chi connectivity index (χ2v) is 6.60. The molecule has 0 amide bonds. The van der Waals surface area contributed by atoms with Crippen LogP contribution >= 0.6 is 0 Å². The van der Waals surface area contributed by atoms with E-state index in [2.05, 4.69) is 18.0 Å². The zero-order valence-corrected chi connectivity index (χ0v) is 15.1. The van der Waals surface area contributed by atoms with Gasteiger partial charge in [-0.05, 0) is 62.3 Å². The number of aryl methyl sites for hydroxylation is 1. The van der Waals surface area contributed by atoms with E-state index in [9.17, 15) is 4.79 Å². The molecule has 0 aromatic heterocycles. The summed E-state index contributed by atoms with van der Waals surface area (Å²) in [6.07, 6.45) is 6.20. The number of nitrogens with two attached hydrogens (primary N) is 1. The molecule has 0 spiro atoms. The molecule has 3 aliphatic carbocycles. The van der Waals surface area contributed by atoms with Crippen LogP contribution in [0.3, 0.4) is 0 Å². The smallest absolute Gasteiger partial charge is 0.123 e. The number of aldehydes is 1. The molecular formula is C19H30N4O. The van der Waals surface area contributed by atoms with Gasteiger partial charge in [0.1, 0.15) is 6.29 Å². The Labute approximate surface area is 145 Å². The Balaban J connectivity index is 0.000000227. The van der Waals surface area contributed by atoms with Gasteiger partial charge < -0.3 is 21.3 Å². The first-order valence-electron chi connectivity index (χ1n) is 8.36. The van der Waals surface area contributed by atoms with E-state index in [-0.39, 0.29) is 5.71 Å². The normalized spacial score (nSPS) is 23.6. The minimum absolute atomic E-state index is 0.245. The van der Waals surface area contributed by atoms with E-state index < -0.39 is 0 Å². The third-order valence-electron chi connectivity index (χ3n) is 5.22. The van der Waals surface area contributed by atoms with Crippen LogP contribution in [0.5, 0.6) is 0 Å². The van der Waals surface area contributed by atoms with Gasteiger partial charge in [-0.1, -0.05) is 13.0 Å². The third kappa shape index (κ3) is 4.09. The molecule has 0 aliphatic heterocycles. The standard InChI is InChI=1S/C10H13N3.C8H12O.CH5N/c1-7-3-4-8(13-2)5-9(7)10(12)6-11;1-6(5-9)8-2-7(3-8)4-8;1-2/h3-6,11-13H,1-2H3;5-7H,2-4H2,1H3;2H2,1H3. The summed E-state index contributed by atoms with van der Waals surface area (Å²) in [5.41, 5.74) is 8.04. The number of carbonyl (C=O) groups is 1. The van der Waals surface area contributed by atoms with Crippen LogP contribution in [0.1, 0.15) is 37.3 Å². The summed E-state index contributed by atoms with van der Waals surface area (Å²) >= 11 is 0. The van der Waals surface area contributed by atoms with E-state index >= 15 is 0 Å². The first-order chi connectivity index (χ1) is 11.5. The molecular weight excluding hydrogens is 300 g/mol. The van der Waals surface area contributed by atoms with Crippen LogP contribution in [0.2, 0.25) is 0 Å². The highest BCUT2D eigenvalue weighted by atomic mass is 16.1. The fraction of sp³-hybridized carbons (Fsp3) is 0.526. The van der Waals surface area contributed by atoms with Gasteiger partial charge in [0.2, 0.25) is 0 Å². The minimum Gasteiger partial charge on any atom is -0.388 e. The molecule has 3 aliphatic rings. The summed E-state index contributed by atoms with van der Waals surface area (Å²) in [6.45, 7) is 4.00. The molecule has 0 saturated heterocycles. The summed E-state index contributed by atoms with van der Waals surface area (Å²) in [5, 5.41) is 17.5. The quantitative estimate of drug-likeness (QED) is 0.492. The summed E-state index contributed by atoms with van der Waals surface area (Å²) in [7, 11) is 3.34. The predicted octanol–water partition coefficient (Wildman–Crippen LogP) is 3.25. The number of nitrogens with one attached hydrogen (secondary N) is 3. The number of benzene rings is 1. The van der Waals surface area contributed by atoms with Gasteiger partial charge in [0.05, 0.1) is 5.71 Å². The number of rotatable bonds is 5. The molecule has 1 atom stereocenters. The molecule has 2 bridgehead atoms. The summed E-state index contributed by atoms with van der Waals surface area (Å²) in [6, 6.07) is 5.78. The predicted molar refractivity (Wildman–Crippen MR) is 101 cm³/mol. The van der Waals surface area contributed by atoms with Crippen molar-refractivity contribution in [2.75, 3.05) is 19.4 Å². The van der Waals surface area contributed by atoms with Crippen molar-refractivity contribution in [1.82, 2.24) is 0 Å². The van der Waals surface area contributed by atoms with Crippen LogP contribution in [-0.4, -0.2) is 32.3 Å². The van der Waals surface area contributed by atoms with E-state index in [0.29, 0.717) is 11.3 Å². The van der Waals surface area contributed by atoms with Gasteiger partial charge in [-0.2, -0.15) is 0 Å². The van der Waals surface area contributed by atoms with Crippen molar-refractivity contribution < 1.29 is 4.79 Å². The summed E-state index contributed by atoms with van der Waals surface area (Å²) in [4.78, 5) is 10.4. The minimum atomic E-state index is 0.245. The van der Waals surface area contributed by atoms with E-state index in [0.717, 1.165) is 35.2 Å². The molecule has 4 rings (SSSR count). The molecule has 5 nitrogen and oxygen atoms in total. The van der Waals surface area contributed by atoms with Crippen molar-refractivity contribution in [3.8, 4) is 0 Å². The molecule has 0 heterocycles. The van der Waals surface area contributed by atoms with Crippen molar-refractivity contribution in [3.05, 3.63) is 29.3 Å². The van der Waals surface area contributed by atoms with Crippen molar-refractivity contribution in [3.63, 3.8) is 0 Å². The van der Waals surface area contributed by atoms with Crippen LogP contribution < -0.4 is 11.1 Å². The van der Waals surface area contributed by atoms with Gasteiger partial charge in [0.25, 0.3) is 0 Å². The fourth-order valence-corrected chi connectivity index (χ4v) is 3.39. The first kappa shape index (κ1) is 20.0. The second-order valence-electron chi connectivity index (χ2n) is 6.60. The van der Waals surface area contributed by atoms with Crippen molar-refractivity contribution in [2.24, 2.45) is 23.0 Å². The van der Waals surface area contributed by atoms with Gasteiger partial charge >= 0.3 is 0 Å². The molecule has 5 heteroatoms. The monoisotopic (exact) mass is 330 g/mol. The highest BCUT2D eigenvalue weighted by molar-refractivity contribution is 6.36. The summed E-state index contributed by atoms with van der Waals surface area (Å²) < 4.78 is 0. The molecule has 3 fully saturated rings. The Kier molecular flexibility index (Phi) is 7.29. The average molecular weight is 330 g/mol. The Morgan fingerprint density at radius 3 is 2.29 bits per heavy atom. The van der Waals surface area contributed by atoms with Crippen LogP contribution in [-0.2, 0) is 4.79 Å². The maximum Gasteiger partial charge on any atom is 0.123 e. The molecule has 5 N–H and O–H groups in total. The van der Waals surface area contributed by atoms with E-state index in [4.69, 9.17) is 10.8 Å². The molecule has 0 radical (unpaired) electrons. The van der Waals surface area contributed by atoms with Gasteiger partial charge in [-0.25, -0.2) is 0 Å². The first-order valence-corrected chi connectivity index (χ1v) is 8.36. The lowest BCUT2D eigenvalue weighted by molar-refractivity contribution is -0.154. The lowest BCUT2D eigenvalue weighted by Crippen LogP contribution is -2.55. The van der Waals surface area contributed by atoms with Crippen molar-refractivity contribution in [2.45, 2.75) is 33.1 Å². The fourth-order valence-electron chi connectivity index (χ4n) is 3.39. The molecule has 1 aromatic rings. The maximum atomic E-state index is 10.4. The van der Waals surface area contributed by atoms with E-state index in [1.807, 2.05) is 32.2 Å². The largest absolute Gasteiger partial charge is 0.388 e. The number of hydrogen-bond acceptors (Lipinski definition) is 5. The average Bonchev–Trinajstić information content (AvgIpc) is 2.54. The van der Waals surface area contributed by atoms with Crippen LogP contribution in [0.15, 0.2) is 18.2 Å². The third-order valence-corrected chi connectivity index (χ3v) is 5.22. The lowest BCUT2D eigenvalue weighted by Gasteiger charge is -2.64. The van der Waals surface area contributed by atoms with Gasteiger partial charge in [0, 0.05) is 30.4 Å². The zero-order valence-electron chi connectivity index (χ0n) is 15.1. The van der Waals surface area contributed by atoms with E-state index in [1.54, 1.807) is 0 Å². The topological polar surface area (TPSA) is 103 Å². The van der Waals surface area contributed by atoms with Crippen LogP contribution in [0.4, 0.5) is 5.69 Å². The lowest BCUT2D eigenvalue weighted by atomic mass is 9.41. The Bertz CT molecular complexity index is 580. The summed E-state index contributed by atoms with van der Waals surface area (Å²) in [5.74, 6) is 1.34. The number of carbonyl (C=O) groups excluding carboxylic acids is 1. The van der Waals surface area contributed by atoms with E-state index in [1.165, 1.54) is 26.3 Å². The second kappa shape index (κ2) is 8.73. The zero-order chi connectivity index (χ0) is 18.3. The van der Waals surface area contributed by atoms with Crippen LogP contribution in [0, 0.1) is 35.0 Å². The van der Waals surface area contributed by atoms with Gasteiger partial charge in [0.15, 0.2) is 0 Å². The van der Waals surface area contributed by atoms with Gasteiger partial charge in [-0.15, -0.1) is 0 Å². The van der Waals surface area contributed by atoms with Crippen molar-refractivity contribution in [1.29, 1.82) is 10.8 Å². The number of hydrogen-bond donors (Lipinski definition) is 4. The van der Waals surface area contributed by atoms with Gasteiger partial charge in [-0.3, -0.25) is 5.41 Å². The highest BCUT2D eigenvalue weighted by Crippen LogP contribution is 2.67. The van der Waals surface area contributed by atoms with Crippen molar-refractivity contribution >= 4 is 23.9 Å². The molecule has 1 unspecified atom stereocenters. The Hall–Kier alpha value is -2.01. The van der Waals surface area contributed by atoms with Crippen LogP contribution in [0.25, 0.3) is 0 Å². The molecule has 1 aromatic carbocycles. The molecule has 24 heavy (non-hydrogen) atoms. The molecule has 132 valence electrons. The SMILES string of the molecule is CC(C=O)C12CC(C1)C2.CN.CNc1ccc(C)c(C(=N)C=N)c1. The Morgan fingerprint density at radius 1 is 1.38 bits per heavy atom. The highest BCUT2D eigenvalue weighted by Gasteiger charge is 2.58. The number of anilines is 1. The maximum absolute atomic E-state index is 10.4. The Morgan fingerprint density at radius 2 is 1.96 bits per heavy atom.